The molecule has 0 unspecified atom stereocenters. The summed E-state index contributed by atoms with van der Waals surface area (Å²) in [6, 6.07) is 19.5. The molecule has 0 heterocycles. The Kier molecular flexibility index (Phi) is 4.92. The highest BCUT2D eigenvalue weighted by molar-refractivity contribution is 7.89. The van der Waals surface area contributed by atoms with Gasteiger partial charge in [0.1, 0.15) is 11.6 Å². The van der Waals surface area contributed by atoms with Gasteiger partial charge in [-0.1, -0.05) is 60.7 Å². The van der Waals surface area contributed by atoms with Gasteiger partial charge in [0.05, 0.1) is 10.9 Å². The van der Waals surface area contributed by atoms with E-state index in [2.05, 4.69) is 4.72 Å². The van der Waals surface area contributed by atoms with E-state index in [1.54, 1.807) is 48.5 Å². The topological polar surface area (TPSA) is 46.2 Å². The Morgan fingerprint density at radius 1 is 0.720 bits per heavy atom. The molecule has 0 aliphatic rings. The van der Waals surface area contributed by atoms with Crippen LogP contribution in [0, 0.1) is 11.6 Å². The van der Waals surface area contributed by atoms with Crippen LogP contribution in [-0.4, -0.2) is 8.42 Å². The molecule has 0 bridgehead atoms. The minimum Gasteiger partial charge on any atom is -0.207 e. The number of nitrogens with one attached hydrogen (secondary N) is 1. The third kappa shape index (κ3) is 4.10. The fourth-order valence-electron chi connectivity index (χ4n) is 2.53. The lowest BCUT2D eigenvalue weighted by Crippen LogP contribution is -2.29. The lowest BCUT2D eigenvalue weighted by molar-refractivity contribution is 0.556. The SMILES string of the molecule is O=S(=O)(NC(c1ccccc1)c1ccccc1)c1cc(F)cc(F)c1. The summed E-state index contributed by atoms with van der Waals surface area (Å²) in [4.78, 5) is -0.457. The van der Waals surface area contributed by atoms with Crippen molar-refractivity contribution in [2.24, 2.45) is 0 Å². The first-order valence-corrected chi connectivity index (χ1v) is 9.02. The Morgan fingerprint density at radius 3 is 1.60 bits per heavy atom. The van der Waals surface area contributed by atoms with Crippen molar-refractivity contribution in [1.29, 1.82) is 0 Å². The summed E-state index contributed by atoms with van der Waals surface area (Å²) in [6.07, 6.45) is 0. The average molecular weight is 359 g/mol. The maximum absolute atomic E-state index is 13.4. The molecule has 3 nitrogen and oxygen atoms in total. The second kappa shape index (κ2) is 7.13. The molecule has 0 amide bonds. The molecule has 3 aromatic rings. The zero-order valence-corrected chi connectivity index (χ0v) is 13.9. The standard InChI is InChI=1S/C19H15F2NO2S/c20-16-11-17(21)13-18(12-16)25(23,24)22-19(14-7-3-1-4-8-14)15-9-5-2-6-10-15/h1-13,19,22H. The molecule has 0 aliphatic heterocycles. The first kappa shape index (κ1) is 17.3. The summed E-state index contributed by atoms with van der Waals surface area (Å²) >= 11 is 0. The highest BCUT2D eigenvalue weighted by Crippen LogP contribution is 2.25. The Bertz CT molecular complexity index is 901. The number of benzene rings is 3. The van der Waals surface area contributed by atoms with Crippen LogP contribution >= 0.6 is 0 Å². The van der Waals surface area contributed by atoms with Crippen molar-refractivity contribution < 1.29 is 17.2 Å². The third-order valence-electron chi connectivity index (χ3n) is 3.69. The zero-order valence-electron chi connectivity index (χ0n) is 13.1. The van der Waals surface area contributed by atoms with Crippen molar-refractivity contribution in [1.82, 2.24) is 4.72 Å². The predicted octanol–water partition coefficient (Wildman–Crippen LogP) is 4.03. The van der Waals surface area contributed by atoms with Crippen LogP contribution < -0.4 is 4.72 Å². The van der Waals surface area contributed by atoms with Crippen molar-refractivity contribution in [2.45, 2.75) is 10.9 Å². The molecule has 0 spiro atoms. The first-order chi connectivity index (χ1) is 12.0. The lowest BCUT2D eigenvalue weighted by atomic mass is 10.00. The van der Waals surface area contributed by atoms with E-state index in [0.717, 1.165) is 12.1 Å². The molecule has 1 N–H and O–H groups in total. The minimum absolute atomic E-state index is 0.457. The summed E-state index contributed by atoms with van der Waals surface area (Å²) in [7, 11) is -4.13. The second-order valence-electron chi connectivity index (χ2n) is 5.48. The van der Waals surface area contributed by atoms with Crippen molar-refractivity contribution in [2.75, 3.05) is 0 Å². The van der Waals surface area contributed by atoms with E-state index in [1.165, 1.54) is 0 Å². The summed E-state index contributed by atoms with van der Waals surface area (Å²) in [6.45, 7) is 0. The molecule has 128 valence electrons. The van der Waals surface area contributed by atoms with E-state index in [4.69, 9.17) is 0 Å². The molecule has 0 saturated heterocycles. The van der Waals surface area contributed by atoms with Crippen LogP contribution in [0.2, 0.25) is 0 Å². The van der Waals surface area contributed by atoms with E-state index < -0.39 is 32.6 Å². The van der Waals surface area contributed by atoms with Gasteiger partial charge in [0, 0.05) is 6.07 Å². The average Bonchev–Trinajstić information content (AvgIpc) is 2.60. The Morgan fingerprint density at radius 2 is 1.16 bits per heavy atom. The summed E-state index contributed by atoms with van der Waals surface area (Å²) in [5.74, 6) is -1.90. The van der Waals surface area contributed by atoms with Gasteiger partial charge in [-0.2, -0.15) is 4.72 Å². The van der Waals surface area contributed by atoms with Crippen LogP contribution in [0.25, 0.3) is 0 Å². The maximum atomic E-state index is 13.4. The van der Waals surface area contributed by atoms with Gasteiger partial charge >= 0.3 is 0 Å². The highest BCUT2D eigenvalue weighted by Gasteiger charge is 2.23. The van der Waals surface area contributed by atoms with Crippen LogP contribution in [0.5, 0.6) is 0 Å². The van der Waals surface area contributed by atoms with E-state index in [-0.39, 0.29) is 0 Å². The quantitative estimate of drug-likeness (QED) is 0.748. The van der Waals surface area contributed by atoms with Gasteiger partial charge in [0.15, 0.2) is 0 Å². The van der Waals surface area contributed by atoms with Crippen molar-refractivity contribution in [3.8, 4) is 0 Å². The van der Waals surface area contributed by atoms with Gasteiger partial charge in [-0.15, -0.1) is 0 Å². The van der Waals surface area contributed by atoms with Gasteiger partial charge in [-0.05, 0) is 23.3 Å². The molecule has 0 saturated carbocycles. The molecule has 0 aromatic heterocycles. The normalized spacial score (nSPS) is 11.6. The Balaban J connectivity index is 2.03. The highest BCUT2D eigenvalue weighted by atomic mass is 32.2. The molecule has 0 atom stereocenters. The maximum Gasteiger partial charge on any atom is 0.241 e. The van der Waals surface area contributed by atoms with E-state index >= 15 is 0 Å². The van der Waals surface area contributed by atoms with Gasteiger partial charge in [0.25, 0.3) is 0 Å². The molecular formula is C19H15F2NO2S. The van der Waals surface area contributed by atoms with Crippen molar-refractivity contribution >= 4 is 10.0 Å². The summed E-state index contributed by atoms with van der Waals surface area (Å²) in [5.41, 5.74) is 1.43. The van der Waals surface area contributed by atoms with Gasteiger partial charge in [-0.25, -0.2) is 17.2 Å². The van der Waals surface area contributed by atoms with E-state index in [1.807, 2.05) is 12.1 Å². The van der Waals surface area contributed by atoms with Crippen LogP contribution in [0.4, 0.5) is 8.78 Å². The predicted molar refractivity (Wildman–Crippen MR) is 91.4 cm³/mol. The smallest absolute Gasteiger partial charge is 0.207 e. The molecular weight excluding hydrogens is 344 g/mol. The second-order valence-corrected chi connectivity index (χ2v) is 7.19. The molecule has 3 aromatic carbocycles. The first-order valence-electron chi connectivity index (χ1n) is 7.54. The molecule has 0 fully saturated rings. The third-order valence-corrected chi connectivity index (χ3v) is 5.09. The van der Waals surface area contributed by atoms with Gasteiger partial charge in [-0.3, -0.25) is 0 Å². The van der Waals surface area contributed by atoms with Crippen LogP contribution in [-0.2, 0) is 10.0 Å². The zero-order chi connectivity index (χ0) is 17.9. The summed E-state index contributed by atoms with van der Waals surface area (Å²) in [5, 5.41) is 0. The molecule has 0 radical (unpaired) electrons. The lowest BCUT2D eigenvalue weighted by Gasteiger charge is -2.20. The number of hydrogen-bond donors (Lipinski definition) is 1. The van der Waals surface area contributed by atoms with Crippen LogP contribution in [0.1, 0.15) is 17.2 Å². The van der Waals surface area contributed by atoms with Crippen molar-refractivity contribution in [3.63, 3.8) is 0 Å². The summed E-state index contributed by atoms with van der Waals surface area (Å²) < 4.78 is 54.7. The number of sulfonamides is 1. The fraction of sp³-hybridized carbons (Fsp3) is 0.0526. The molecule has 6 heteroatoms. The Hall–Kier alpha value is -2.57. The fourth-order valence-corrected chi connectivity index (χ4v) is 3.78. The number of rotatable bonds is 5. The van der Waals surface area contributed by atoms with E-state index in [9.17, 15) is 17.2 Å². The van der Waals surface area contributed by atoms with Crippen LogP contribution in [0.15, 0.2) is 83.8 Å². The van der Waals surface area contributed by atoms with Crippen LogP contribution in [0.3, 0.4) is 0 Å². The Labute approximate surface area is 145 Å². The number of hydrogen-bond acceptors (Lipinski definition) is 2. The molecule has 0 aliphatic carbocycles. The van der Waals surface area contributed by atoms with Gasteiger partial charge < -0.3 is 0 Å². The van der Waals surface area contributed by atoms with Crippen molar-refractivity contribution in [3.05, 3.63) is 102 Å². The molecule has 3 rings (SSSR count). The van der Waals surface area contributed by atoms with Gasteiger partial charge in [0.2, 0.25) is 10.0 Å². The molecule has 25 heavy (non-hydrogen) atoms. The minimum atomic E-state index is -4.13. The van der Waals surface area contributed by atoms with E-state index in [0.29, 0.717) is 17.2 Å². The monoisotopic (exact) mass is 359 g/mol. The largest absolute Gasteiger partial charge is 0.241 e. The number of halogens is 2.